The van der Waals surface area contributed by atoms with Crippen molar-refractivity contribution in [3.8, 4) is 5.88 Å². The van der Waals surface area contributed by atoms with Crippen LogP contribution in [-0.2, 0) is 16.0 Å². The van der Waals surface area contributed by atoms with E-state index < -0.39 is 0 Å². The molecule has 0 saturated carbocycles. The number of rotatable bonds is 11. The first-order valence-corrected chi connectivity index (χ1v) is 6.72. The van der Waals surface area contributed by atoms with Crippen molar-refractivity contribution in [2.45, 2.75) is 19.9 Å². The Morgan fingerprint density at radius 1 is 1.21 bits per heavy atom. The minimum atomic E-state index is 0.614. The lowest BCUT2D eigenvalue weighted by Crippen LogP contribution is -2.14. The van der Waals surface area contributed by atoms with E-state index in [1.165, 1.54) is 0 Å². The van der Waals surface area contributed by atoms with Crippen LogP contribution in [0.4, 0.5) is 0 Å². The number of aromatic nitrogens is 1. The van der Waals surface area contributed by atoms with Gasteiger partial charge in [0.05, 0.1) is 19.8 Å². The van der Waals surface area contributed by atoms with E-state index in [1.54, 1.807) is 13.3 Å². The zero-order chi connectivity index (χ0) is 13.8. The number of hydrogen-bond donors (Lipinski definition) is 1. The maximum atomic E-state index is 5.68. The largest absolute Gasteiger partial charge is 0.477 e. The van der Waals surface area contributed by atoms with E-state index in [9.17, 15) is 0 Å². The molecule has 1 rings (SSSR count). The first kappa shape index (κ1) is 15.9. The van der Waals surface area contributed by atoms with Crippen molar-refractivity contribution in [3.05, 3.63) is 23.9 Å². The van der Waals surface area contributed by atoms with E-state index in [1.807, 2.05) is 12.1 Å². The van der Waals surface area contributed by atoms with Crippen LogP contribution in [0.1, 0.15) is 18.9 Å². The third-order valence-electron chi connectivity index (χ3n) is 2.52. The summed E-state index contributed by atoms with van der Waals surface area (Å²) >= 11 is 0. The van der Waals surface area contributed by atoms with Gasteiger partial charge in [-0.05, 0) is 12.6 Å². The molecule has 108 valence electrons. The van der Waals surface area contributed by atoms with E-state index in [0.29, 0.717) is 32.3 Å². The van der Waals surface area contributed by atoms with Gasteiger partial charge < -0.3 is 19.5 Å². The number of ether oxygens (including phenoxy) is 3. The molecule has 0 fully saturated rings. The molecule has 0 aliphatic carbocycles. The van der Waals surface area contributed by atoms with Crippen LogP contribution in [0.25, 0.3) is 0 Å². The molecule has 5 heteroatoms. The highest BCUT2D eigenvalue weighted by atomic mass is 16.5. The fourth-order valence-corrected chi connectivity index (χ4v) is 1.52. The van der Waals surface area contributed by atoms with Crippen molar-refractivity contribution in [2.24, 2.45) is 0 Å². The van der Waals surface area contributed by atoms with Crippen LogP contribution in [0, 0.1) is 0 Å². The molecule has 0 aromatic carbocycles. The second-order valence-corrected chi connectivity index (χ2v) is 4.06. The van der Waals surface area contributed by atoms with Crippen molar-refractivity contribution in [3.63, 3.8) is 0 Å². The van der Waals surface area contributed by atoms with Gasteiger partial charge in [0, 0.05) is 38.4 Å². The molecule has 0 radical (unpaired) electrons. The zero-order valence-electron chi connectivity index (χ0n) is 11.9. The number of nitrogens with zero attached hydrogens (tertiary/aromatic N) is 1. The summed E-state index contributed by atoms with van der Waals surface area (Å²) in [7, 11) is 1.67. The number of pyridine rings is 1. The van der Waals surface area contributed by atoms with Gasteiger partial charge in [-0.25, -0.2) is 4.98 Å². The predicted molar refractivity (Wildman–Crippen MR) is 74.4 cm³/mol. The van der Waals surface area contributed by atoms with Crippen LogP contribution in [-0.4, -0.2) is 45.1 Å². The molecule has 1 N–H and O–H groups in total. The molecule has 1 aromatic heterocycles. The molecule has 0 unspecified atom stereocenters. The summed E-state index contributed by atoms with van der Waals surface area (Å²) in [5, 5.41) is 3.27. The van der Waals surface area contributed by atoms with Gasteiger partial charge in [0.25, 0.3) is 0 Å². The molecule has 0 spiro atoms. The standard InChI is InChI=1S/C14H24N2O3/c1-3-15-12-13-6-4-7-16-14(13)19-9-5-8-18-11-10-17-2/h4,6-7,15H,3,5,8-12H2,1-2H3. The molecular formula is C14H24N2O3. The summed E-state index contributed by atoms with van der Waals surface area (Å²) in [5.74, 6) is 0.709. The zero-order valence-corrected chi connectivity index (χ0v) is 11.9. The summed E-state index contributed by atoms with van der Waals surface area (Å²) in [6.07, 6.45) is 2.60. The van der Waals surface area contributed by atoms with E-state index in [0.717, 1.165) is 25.1 Å². The van der Waals surface area contributed by atoms with Gasteiger partial charge in [-0.1, -0.05) is 13.0 Å². The molecule has 0 amide bonds. The first-order chi connectivity index (χ1) is 9.38. The Labute approximate surface area is 115 Å². The van der Waals surface area contributed by atoms with E-state index in [4.69, 9.17) is 14.2 Å². The lowest BCUT2D eigenvalue weighted by molar-refractivity contribution is 0.0641. The van der Waals surface area contributed by atoms with Crippen LogP contribution < -0.4 is 10.1 Å². The molecule has 1 aromatic rings. The van der Waals surface area contributed by atoms with Crippen molar-refractivity contribution in [1.29, 1.82) is 0 Å². The highest BCUT2D eigenvalue weighted by molar-refractivity contribution is 5.25. The van der Waals surface area contributed by atoms with Gasteiger partial charge in [0.2, 0.25) is 5.88 Å². The molecule has 0 aliphatic rings. The topological polar surface area (TPSA) is 52.6 Å². The van der Waals surface area contributed by atoms with Crippen LogP contribution in [0.5, 0.6) is 5.88 Å². The second-order valence-electron chi connectivity index (χ2n) is 4.06. The lowest BCUT2D eigenvalue weighted by Gasteiger charge is -2.10. The number of methoxy groups -OCH3 is 1. The van der Waals surface area contributed by atoms with Gasteiger partial charge in [-0.2, -0.15) is 0 Å². The highest BCUT2D eigenvalue weighted by Gasteiger charge is 2.03. The fourth-order valence-electron chi connectivity index (χ4n) is 1.52. The summed E-state index contributed by atoms with van der Waals surface area (Å²) in [6, 6.07) is 3.95. The third kappa shape index (κ3) is 7.10. The molecule has 0 saturated heterocycles. The number of nitrogens with one attached hydrogen (secondary N) is 1. The average molecular weight is 268 g/mol. The van der Waals surface area contributed by atoms with E-state index in [2.05, 4.69) is 17.2 Å². The van der Waals surface area contributed by atoms with Gasteiger partial charge in [0.1, 0.15) is 0 Å². The van der Waals surface area contributed by atoms with Crippen molar-refractivity contribution in [1.82, 2.24) is 10.3 Å². The van der Waals surface area contributed by atoms with Crippen LogP contribution in [0.3, 0.4) is 0 Å². The normalized spacial score (nSPS) is 10.6. The Hall–Kier alpha value is -1.17. The highest BCUT2D eigenvalue weighted by Crippen LogP contribution is 2.13. The van der Waals surface area contributed by atoms with Crippen LogP contribution in [0.15, 0.2) is 18.3 Å². The SMILES string of the molecule is CCNCc1cccnc1OCCCOCCOC. The molecule has 19 heavy (non-hydrogen) atoms. The van der Waals surface area contributed by atoms with Crippen molar-refractivity contribution in [2.75, 3.05) is 40.1 Å². The Balaban J connectivity index is 2.21. The maximum Gasteiger partial charge on any atom is 0.217 e. The summed E-state index contributed by atoms with van der Waals surface area (Å²) in [4.78, 5) is 4.26. The smallest absolute Gasteiger partial charge is 0.217 e. The molecule has 5 nitrogen and oxygen atoms in total. The van der Waals surface area contributed by atoms with Gasteiger partial charge in [-0.3, -0.25) is 0 Å². The van der Waals surface area contributed by atoms with Crippen LogP contribution >= 0.6 is 0 Å². The van der Waals surface area contributed by atoms with E-state index in [-0.39, 0.29) is 0 Å². The monoisotopic (exact) mass is 268 g/mol. The Bertz CT molecular complexity index is 334. The molecular weight excluding hydrogens is 244 g/mol. The Kier molecular flexibility index (Phi) is 8.97. The van der Waals surface area contributed by atoms with Crippen LogP contribution in [0.2, 0.25) is 0 Å². The fraction of sp³-hybridized carbons (Fsp3) is 0.643. The van der Waals surface area contributed by atoms with Gasteiger partial charge >= 0.3 is 0 Å². The molecule has 1 heterocycles. The lowest BCUT2D eigenvalue weighted by atomic mass is 10.2. The quantitative estimate of drug-likeness (QED) is 0.618. The second kappa shape index (κ2) is 10.7. The van der Waals surface area contributed by atoms with Crippen molar-refractivity contribution < 1.29 is 14.2 Å². The summed E-state index contributed by atoms with van der Waals surface area (Å²) in [5.41, 5.74) is 1.09. The Morgan fingerprint density at radius 2 is 2.11 bits per heavy atom. The van der Waals surface area contributed by atoms with Crippen molar-refractivity contribution >= 4 is 0 Å². The van der Waals surface area contributed by atoms with E-state index >= 15 is 0 Å². The minimum absolute atomic E-state index is 0.614. The maximum absolute atomic E-state index is 5.68. The predicted octanol–water partition coefficient (Wildman–Crippen LogP) is 1.62. The van der Waals surface area contributed by atoms with Gasteiger partial charge in [0.15, 0.2) is 0 Å². The average Bonchev–Trinajstić information content (AvgIpc) is 2.45. The summed E-state index contributed by atoms with van der Waals surface area (Å²) in [6.45, 7) is 6.35. The van der Waals surface area contributed by atoms with Gasteiger partial charge in [-0.15, -0.1) is 0 Å². The molecule has 0 bridgehead atoms. The summed E-state index contributed by atoms with van der Waals surface area (Å²) < 4.78 is 15.9. The molecule has 0 atom stereocenters. The Morgan fingerprint density at radius 3 is 2.89 bits per heavy atom. The minimum Gasteiger partial charge on any atom is -0.477 e. The molecule has 0 aliphatic heterocycles. The first-order valence-electron chi connectivity index (χ1n) is 6.72. The number of hydrogen-bond acceptors (Lipinski definition) is 5. The third-order valence-corrected chi connectivity index (χ3v) is 2.52.